The normalized spacial score (nSPS) is 20.9. The van der Waals surface area contributed by atoms with E-state index in [0.717, 1.165) is 13.1 Å². The van der Waals surface area contributed by atoms with Crippen molar-refractivity contribution in [3.8, 4) is 0 Å². The fourth-order valence-corrected chi connectivity index (χ4v) is 1.41. The summed E-state index contributed by atoms with van der Waals surface area (Å²) in [4.78, 5) is 14.7. The summed E-state index contributed by atoms with van der Waals surface area (Å²) >= 11 is 0. The predicted octanol–water partition coefficient (Wildman–Crippen LogP) is 1.01. The van der Waals surface area contributed by atoms with Crippen LogP contribution < -0.4 is 0 Å². The maximum absolute atomic E-state index is 11.3. The molecule has 1 aliphatic rings. The molecule has 0 atom stereocenters. The Hall–Kier alpha value is -0.730. The number of amides is 2. The minimum absolute atomic E-state index is 0.129. The van der Waals surface area contributed by atoms with Crippen LogP contribution in [0, 0.1) is 5.41 Å². The number of nitrogens with zero attached hydrogens (tertiary/aromatic N) is 2. The van der Waals surface area contributed by atoms with E-state index in [1.165, 1.54) is 0 Å². The third-order valence-electron chi connectivity index (χ3n) is 1.89. The van der Waals surface area contributed by atoms with Gasteiger partial charge in [-0.25, -0.2) is 4.79 Å². The smallest absolute Gasteiger partial charge is 0.319 e. The van der Waals surface area contributed by atoms with Gasteiger partial charge in [-0.2, -0.15) is 0 Å². The lowest BCUT2D eigenvalue weighted by molar-refractivity contribution is 0.0492. The Labute approximate surface area is 68.0 Å². The average Bonchev–Trinajstić information content (AvgIpc) is 1.80. The molecule has 1 rings (SSSR count). The quantitative estimate of drug-likeness (QED) is 0.513. The molecule has 0 aromatic carbocycles. The SMILES string of the molecule is CN(C)C(=O)N1CC(C)(C)C1. The van der Waals surface area contributed by atoms with E-state index in [2.05, 4.69) is 13.8 Å². The second kappa shape index (κ2) is 2.40. The Morgan fingerprint density at radius 2 is 1.82 bits per heavy atom. The number of carbonyl (C=O) groups excluding carboxylic acids is 1. The second-order valence-corrected chi connectivity index (χ2v) is 4.20. The molecule has 0 N–H and O–H groups in total. The first-order valence-corrected chi connectivity index (χ1v) is 3.89. The molecule has 0 aromatic rings. The third kappa shape index (κ3) is 1.64. The molecule has 0 bridgehead atoms. The number of rotatable bonds is 0. The summed E-state index contributed by atoms with van der Waals surface area (Å²) in [6, 6.07) is 0.129. The molecular weight excluding hydrogens is 140 g/mol. The molecule has 2 amide bonds. The summed E-state index contributed by atoms with van der Waals surface area (Å²) in [5.41, 5.74) is 0.339. The van der Waals surface area contributed by atoms with Crippen molar-refractivity contribution in [3.63, 3.8) is 0 Å². The van der Waals surface area contributed by atoms with Gasteiger partial charge in [0.25, 0.3) is 0 Å². The van der Waals surface area contributed by atoms with E-state index < -0.39 is 0 Å². The summed E-state index contributed by atoms with van der Waals surface area (Å²) in [7, 11) is 3.57. The van der Waals surface area contributed by atoms with E-state index in [1.807, 2.05) is 4.90 Å². The number of hydrogen-bond acceptors (Lipinski definition) is 1. The minimum Gasteiger partial charge on any atom is -0.331 e. The lowest BCUT2D eigenvalue weighted by Gasteiger charge is -2.46. The van der Waals surface area contributed by atoms with Crippen molar-refractivity contribution < 1.29 is 4.79 Å². The van der Waals surface area contributed by atoms with Crippen molar-refractivity contribution in [2.45, 2.75) is 13.8 Å². The molecule has 1 saturated heterocycles. The molecule has 0 unspecified atom stereocenters. The molecule has 0 radical (unpaired) electrons. The molecule has 0 spiro atoms. The van der Waals surface area contributed by atoms with Crippen LogP contribution in [-0.2, 0) is 0 Å². The van der Waals surface area contributed by atoms with Gasteiger partial charge < -0.3 is 9.80 Å². The van der Waals surface area contributed by atoms with Crippen molar-refractivity contribution in [3.05, 3.63) is 0 Å². The van der Waals surface area contributed by atoms with Crippen molar-refractivity contribution in [2.75, 3.05) is 27.2 Å². The van der Waals surface area contributed by atoms with Gasteiger partial charge in [-0.3, -0.25) is 0 Å². The van der Waals surface area contributed by atoms with Crippen LogP contribution in [0.4, 0.5) is 4.79 Å². The zero-order chi connectivity index (χ0) is 8.65. The van der Waals surface area contributed by atoms with Crippen LogP contribution >= 0.6 is 0 Å². The van der Waals surface area contributed by atoms with Gasteiger partial charge >= 0.3 is 6.03 Å². The first kappa shape index (κ1) is 8.37. The highest BCUT2D eigenvalue weighted by atomic mass is 16.2. The van der Waals surface area contributed by atoms with E-state index in [1.54, 1.807) is 19.0 Å². The lowest BCUT2D eigenvalue weighted by atomic mass is 9.85. The summed E-state index contributed by atoms with van der Waals surface area (Å²) in [5, 5.41) is 0. The number of urea groups is 1. The van der Waals surface area contributed by atoms with Crippen LogP contribution in [0.3, 0.4) is 0 Å². The molecule has 3 nitrogen and oxygen atoms in total. The van der Waals surface area contributed by atoms with Gasteiger partial charge in [0.1, 0.15) is 0 Å². The third-order valence-corrected chi connectivity index (χ3v) is 1.89. The first-order valence-electron chi connectivity index (χ1n) is 3.89. The predicted molar refractivity (Wildman–Crippen MR) is 44.4 cm³/mol. The van der Waals surface area contributed by atoms with Gasteiger partial charge in [-0.1, -0.05) is 13.8 Å². The highest BCUT2D eigenvalue weighted by molar-refractivity contribution is 5.74. The fraction of sp³-hybridized carbons (Fsp3) is 0.875. The highest BCUT2D eigenvalue weighted by Crippen LogP contribution is 2.28. The maximum atomic E-state index is 11.3. The van der Waals surface area contributed by atoms with Crippen molar-refractivity contribution in [1.29, 1.82) is 0 Å². The molecule has 1 heterocycles. The Morgan fingerprint density at radius 3 is 2.09 bits per heavy atom. The van der Waals surface area contributed by atoms with Crippen molar-refractivity contribution in [2.24, 2.45) is 5.41 Å². The number of likely N-dealkylation sites (tertiary alicyclic amines) is 1. The van der Waals surface area contributed by atoms with Crippen LogP contribution in [0.2, 0.25) is 0 Å². The first-order chi connectivity index (χ1) is 4.92. The Balaban J connectivity index is 2.38. The molecular formula is C8H16N2O. The number of carbonyl (C=O) groups is 1. The summed E-state index contributed by atoms with van der Waals surface area (Å²) in [5.74, 6) is 0. The van der Waals surface area contributed by atoms with Crippen molar-refractivity contribution >= 4 is 6.03 Å². The van der Waals surface area contributed by atoms with Gasteiger partial charge in [0, 0.05) is 32.6 Å². The van der Waals surface area contributed by atoms with Gasteiger partial charge in [0.05, 0.1) is 0 Å². The topological polar surface area (TPSA) is 23.6 Å². The van der Waals surface area contributed by atoms with Crippen LogP contribution in [-0.4, -0.2) is 43.0 Å². The largest absolute Gasteiger partial charge is 0.331 e. The lowest BCUT2D eigenvalue weighted by Crippen LogP contribution is -2.57. The van der Waals surface area contributed by atoms with Crippen LogP contribution in [0.1, 0.15) is 13.8 Å². The molecule has 0 saturated carbocycles. The summed E-state index contributed by atoms with van der Waals surface area (Å²) in [6.45, 7) is 6.13. The molecule has 3 heteroatoms. The Bertz CT molecular complexity index is 167. The van der Waals surface area contributed by atoms with Gasteiger partial charge in [-0.05, 0) is 0 Å². The van der Waals surface area contributed by atoms with E-state index in [-0.39, 0.29) is 6.03 Å². The van der Waals surface area contributed by atoms with Crippen LogP contribution in [0.15, 0.2) is 0 Å². The maximum Gasteiger partial charge on any atom is 0.319 e. The Morgan fingerprint density at radius 1 is 1.36 bits per heavy atom. The highest BCUT2D eigenvalue weighted by Gasteiger charge is 2.37. The molecule has 11 heavy (non-hydrogen) atoms. The van der Waals surface area contributed by atoms with Crippen LogP contribution in [0.5, 0.6) is 0 Å². The Kier molecular flexibility index (Phi) is 1.82. The van der Waals surface area contributed by atoms with Crippen LogP contribution in [0.25, 0.3) is 0 Å². The van der Waals surface area contributed by atoms with E-state index in [0.29, 0.717) is 5.41 Å². The summed E-state index contributed by atoms with van der Waals surface area (Å²) < 4.78 is 0. The molecule has 64 valence electrons. The molecule has 0 aliphatic carbocycles. The second-order valence-electron chi connectivity index (χ2n) is 4.20. The average molecular weight is 156 g/mol. The standard InChI is InChI=1S/C8H16N2O/c1-8(2)5-10(6-8)7(11)9(3)4/h5-6H2,1-4H3. The molecule has 1 aliphatic heterocycles. The van der Waals surface area contributed by atoms with Gasteiger partial charge in [-0.15, -0.1) is 0 Å². The number of hydrogen-bond donors (Lipinski definition) is 0. The minimum atomic E-state index is 0.129. The van der Waals surface area contributed by atoms with E-state index in [4.69, 9.17) is 0 Å². The zero-order valence-corrected chi connectivity index (χ0v) is 7.72. The monoisotopic (exact) mass is 156 g/mol. The van der Waals surface area contributed by atoms with Gasteiger partial charge in [0.2, 0.25) is 0 Å². The zero-order valence-electron chi connectivity index (χ0n) is 7.72. The summed E-state index contributed by atoms with van der Waals surface area (Å²) in [6.07, 6.45) is 0. The van der Waals surface area contributed by atoms with Gasteiger partial charge in [0.15, 0.2) is 0 Å². The van der Waals surface area contributed by atoms with Crippen molar-refractivity contribution in [1.82, 2.24) is 9.80 Å². The fourth-order valence-electron chi connectivity index (χ4n) is 1.41. The van der Waals surface area contributed by atoms with E-state index in [9.17, 15) is 4.79 Å². The van der Waals surface area contributed by atoms with E-state index >= 15 is 0 Å². The molecule has 0 aromatic heterocycles. The molecule has 1 fully saturated rings.